The van der Waals surface area contributed by atoms with Gasteiger partial charge in [0.25, 0.3) is 5.91 Å². The molecule has 0 bridgehead atoms. The van der Waals surface area contributed by atoms with Gasteiger partial charge in [0.15, 0.2) is 0 Å². The van der Waals surface area contributed by atoms with Gasteiger partial charge in [-0.3, -0.25) is 4.79 Å². The zero-order valence-electron chi connectivity index (χ0n) is 14.1. The summed E-state index contributed by atoms with van der Waals surface area (Å²) in [6, 6.07) is 16.0. The van der Waals surface area contributed by atoms with Gasteiger partial charge < -0.3 is 14.4 Å². The highest BCUT2D eigenvalue weighted by Crippen LogP contribution is 2.36. The summed E-state index contributed by atoms with van der Waals surface area (Å²) in [6.45, 7) is 0. The summed E-state index contributed by atoms with van der Waals surface area (Å²) in [5, 5.41) is 0. The number of anilines is 1. The van der Waals surface area contributed by atoms with Crippen molar-refractivity contribution in [2.45, 2.75) is 6.17 Å². The Kier molecular flexibility index (Phi) is 3.57. The van der Waals surface area contributed by atoms with Crippen LogP contribution in [0.1, 0.15) is 22.1 Å². The van der Waals surface area contributed by atoms with Crippen LogP contribution in [0.25, 0.3) is 5.69 Å². The second-order valence-corrected chi connectivity index (χ2v) is 6.25. The lowest BCUT2D eigenvalue weighted by atomic mass is 10.0. The second-order valence-electron chi connectivity index (χ2n) is 6.25. The van der Waals surface area contributed by atoms with Crippen LogP contribution in [-0.2, 0) is 0 Å². The van der Waals surface area contributed by atoms with Crippen LogP contribution in [0.3, 0.4) is 0 Å². The van der Waals surface area contributed by atoms with Crippen LogP contribution in [0, 0.1) is 5.82 Å². The lowest BCUT2D eigenvalue weighted by Crippen LogP contribution is -2.45. The van der Waals surface area contributed by atoms with Gasteiger partial charge in [-0.25, -0.2) is 4.39 Å². The number of rotatable bonds is 2. The predicted octanol–water partition coefficient (Wildman–Crippen LogP) is 3.84. The number of benzene rings is 2. The first kappa shape index (κ1) is 15.4. The zero-order chi connectivity index (χ0) is 17.6. The number of hydrogen-bond donors (Lipinski definition) is 0. The minimum absolute atomic E-state index is 0.00762. The number of amides is 1. The van der Waals surface area contributed by atoms with Gasteiger partial charge in [0.1, 0.15) is 12.0 Å². The molecule has 4 nitrogen and oxygen atoms in total. The van der Waals surface area contributed by atoms with Crippen molar-refractivity contribution in [1.29, 1.82) is 0 Å². The molecule has 1 aliphatic rings. The van der Waals surface area contributed by atoms with Crippen LogP contribution < -0.4 is 4.90 Å². The standard InChI is InChI=1S/C20H18FN3O/c1-22-18-6-4-3-5-17(18)20(25)23(2)19(22)14-11-12-24(13-14)16-9-7-15(21)8-10-16/h3-13,19H,1-2H3/t19-/m0/s1. The fourth-order valence-corrected chi connectivity index (χ4v) is 3.44. The van der Waals surface area contributed by atoms with Gasteiger partial charge in [-0.15, -0.1) is 0 Å². The van der Waals surface area contributed by atoms with Crippen LogP contribution in [0.5, 0.6) is 0 Å². The van der Waals surface area contributed by atoms with E-state index in [4.69, 9.17) is 0 Å². The van der Waals surface area contributed by atoms with E-state index in [0.29, 0.717) is 5.56 Å². The molecule has 0 unspecified atom stereocenters. The number of nitrogens with zero attached hydrogens (tertiary/aromatic N) is 3. The van der Waals surface area contributed by atoms with Crippen molar-refractivity contribution in [3.05, 3.63) is 83.9 Å². The second kappa shape index (κ2) is 5.77. The van der Waals surface area contributed by atoms with E-state index in [9.17, 15) is 9.18 Å². The highest BCUT2D eigenvalue weighted by molar-refractivity contribution is 6.01. The molecule has 5 heteroatoms. The van der Waals surface area contributed by atoms with E-state index in [1.807, 2.05) is 61.4 Å². The maximum absolute atomic E-state index is 13.1. The molecule has 2 heterocycles. The van der Waals surface area contributed by atoms with E-state index in [1.165, 1.54) is 12.1 Å². The normalized spacial score (nSPS) is 16.9. The van der Waals surface area contributed by atoms with E-state index in [0.717, 1.165) is 16.9 Å². The summed E-state index contributed by atoms with van der Waals surface area (Å²) in [4.78, 5) is 16.6. The Balaban J connectivity index is 1.73. The lowest BCUT2D eigenvalue weighted by molar-refractivity contribution is 0.0711. The first-order valence-electron chi connectivity index (χ1n) is 8.09. The molecule has 0 N–H and O–H groups in total. The van der Waals surface area contributed by atoms with E-state index in [1.54, 1.807) is 17.0 Å². The number of halogens is 1. The maximum Gasteiger partial charge on any atom is 0.257 e. The number of para-hydroxylation sites is 1. The molecule has 0 saturated heterocycles. The van der Waals surface area contributed by atoms with Crippen LogP contribution in [0.2, 0.25) is 0 Å². The monoisotopic (exact) mass is 335 g/mol. The Morgan fingerprint density at radius 2 is 1.64 bits per heavy atom. The highest BCUT2D eigenvalue weighted by Gasteiger charge is 2.34. The molecular formula is C20H18FN3O. The molecule has 1 aliphatic heterocycles. The first-order chi connectivity index (χ1) is 12.1. The fourth-order valence-electron chi connectivity index (χ4n) is 3.44. The van der Waals surface area contributed by atoms with Gasteiger partial charge in [0, 0.05) is 37.7 Å². The highest BCUT2D eigenvalue weighted by atomic mass is 19.1. The SMILES string of the molecule is CN1C(=O)c2ccccc2N(C)[C@@H]1c1ccn(-c2ccc(F)cc2)c1. The summed E-state index contributed by atoms with van der Waals surface area (Å²) in [6.07, 6.45) is 3.71. The average Bonchev–Trinajstić information content (AvgIpc) is 3.10. The Morgan fingerprint density at radius 3 is 2.40 bits per heavy atom. The van der Waals surface area contributed by atoms with Crippen LogP contribution in [0.4, 0.5) is 10.1 Å². The average molecular weight is 335 g/mol. The molecule has 3 aromatic rings. The van der Waals surface area contributed by atoms with E-state index in [2.05, 4.69) is 4.90 Å². The number of hydrogen-bond acceptors (Lipinski definition) is 2. The molecule has 126 valence electrons. The Labute approximate surface area is 145 Å². The topological polar surface area (TPSA) is 28.5 Å². The van der Waals surface area contributed by atoms with E-state index in [-0.39, 0.29) is 17.9 Å². The predicted molar refractivity (Wildman–Crippen MR) is 95.4 cm³/mol. The third-order valence-electron chi connectivity index (χ3n) is 4.71. The maximum atomic E-state index is 13.1. The van der Waals surface area contributed by atoms with E-state index >= 15 is 0 Å². The molecule has 4 rings (SSSR count). The number of carbonyl (C=O) groups excluding carboxylic acids is 1. The Hall–Kier alpha value is -3.08. The van der Waals surface area contributed by atoms with Crippen molar-refractivity contribution in [3.8, 4) is 5.69 Å². The van der Waals surface area contributed by atoms with Crippen molar-refractivity contribution in [3.63, 3.8) is 0 Å². The van der Waals surface area contributed by atoms with Crippen LogP contribution in [-0.4, -0.2) is 29.5 Å². The quantitative estimate of drug-likeness (QED) is 0.712. The minimum atomic E-state index is -0.259. The largest absolute Gasteiger partial charge is 0.350 e. The van der Waals surface area contributed by atoms with Crippen molar-refractivity contribution < 1.29 is 9.18 Å². The molecule has 0 spiro atoms. The summed E-state index contributed by atoms with van der Waals surface area (Å²) in [5.74, 6) is -0.252. The molecule has 0 fully saturated rings. The molecule has 1 aromatic heterocycles. The van der Waals surface area contributed by atoms with Gasteiger partial charge in [0.2, 0.25) is 0 Å². The number of carbonyl (C=O) groups is 1. The van der Waals surface area contributed by atoms with Crippen LogP contribution in [0.15, 0.2) is 67.0 Å². The number of fused-ring (bicyclic) bond motifs is 1. The van der Waals surface area contributed by atoms with Crippen molar-refractivity contribution >= 4 is 11.6 Å². The first-order valence-corrected chi connectivity index (χ1v) is 8.09. The summed E-state index contributed by atoms with van der Waals surface area (Å²) >= 11 is 0. The Morgan fingerprint density at radius 1 is 0.920 bits per heavy atom. The lowest BCUT2D eigenvalue weighted by Gasteiger charge is -2.41. The molecule has 1 amide bonds. The minimum Gasteiger partial charge on any atom is -0.350 e. The van der Waals surface area contributed by atoms with Crippen molar-refractivity contribution in [2.75, 3.05) is 19.0 Å². The molecule has 0 aliphatic carbocycles. The van der Waals surface area contributed by atoms with Crippen molar-refractivity contribution in [1.82, 2.24) is 9.47 Å². The van der Waals surface area contributed by atoms with Gasteiger partial charge in [0.05, 0.1) is 11.3 Å². The van der Waals surface area contributed by atoms with Gasteiger partial charge in [-0.1, -0.05) is 12.1 Å². The summed E-state index contributed by atoms with van der Waals surface area (Å²) in [5.41, 5.74) is 3.50. The van der Waals surface area contributed by atoms with E-state index < -0.39 is 0 Å². The molecule has 2 aromatic carbocycles. The third-order valence-corrected chi connectivity index (χ3v) is 4.71. The Bertz CT molecular complexity index is 932. The third kappa shape index (κ3) is 2.48. The zero-order valence-corrected chi connectivity index (χ0v) is 14.1. The molecular weight excluding hydrogens is 317 g/mol. The molecule has 1 atom stereocenters. The van der Waals surface area contributed by atoms with Gasteiger partial charge in [-0.2, -0.15) is 0 Å². The molecule has 25 heavy (non-hydrogen) atoms. The van der Waals surface area contributed by atoms with Gasteiger partial charge in [-0.05, 0) is 42.5 Å². The summed E-state index contributed by atoms with van der Waals surface area (Å²) in [7, 11) is 3.80. The van der Waals surface area contributed by atoms with Crippen molar-refractivity contribution in [2.24, 2.45) is 0 Å². The fraction of sp³-hybridized carbons (Fsp3) is 0.150. The number of aromatic nitrogens is 1. The van der Waals surface area contributed by atoms with Gasteiger partial charge >= 0.3 is 0 Å². The smallest absolute Gasteiger partial charge is 0.257 e. The molecule has 0 saturated carbocycles. The molecule has 0 radical (unpaired) electrons. The summed E-state index contributed by atoms with van der Waals surface area (Å²) < 4.78 is 15.1. The van der Waals surface area contributed by atoms with Crippen LogP contribution >= 0.6 is 0 Å².